The predicted molar refractivity (Wildman–Crippen MR) is 173 cm³/mol. The zero-order valence-electron chi connectivity index (χ0n) is 27.3. The van der Waals surface area contributed by atoms with Crippen molar-refractivity contribution < 1.29 is 29.2 Å². The summed E-state index contributed by atoms with van der Waals surface area (Å²) in [5.41, 5.74) is 4.51. The minimum atomic E-state index is -0.587. The van der Waals surface area contributed by atoms with E-state index in [4.69, 9.17) is 28.9 Å². The van der Waals surface area contributed by atoms with Gasteiger partial charge in [0, 0.05) is 23.6 Å². The number of aliphatic imine (C=N–C) groups is 2. The highest BCUT2D eigenvalue weighted by molar-refractivity contribution is 5.86. The van der Waals surface area contributed by atoms with E-state index < -0.39 is 12.6 Å². The highest BCUT2D eigenvalue weighted by Crippen LogP contribution is 2.38. The van der Waals surface area contributed by atoms with Gasteiger partial charge in [0.2, 0.25) is 0 Å². The third-order valence-electron chi connectivity index (χ3n) is 8.74. The SMILES string of the molecule is CC(C)(C)c1cc(/C=N/C2CCCCC2/N=C/c2cc(C(C)(C)C)cc(C3OCCCO3)c2O)c(O)c(C2OCCCO2)c1. The second-order valence-corrected chi connectivity index (χ2v) is 14.3. The van der Waals surface area contributed by atoms with Crippen LogP contribution < -0.4 is 0 Å². The fourth-order valence-corrected chi connectivity index (χ4v) is 5.91. The molecule has 240 valence electrons. The third-order valence-corrected chi connectivity index (χ3v) is 8.74. The number of phenolic OH excluding ortho intramolecular Hbond substituents is 2. The van der Waals surface area contributed by atoms with Crippen LogP contribution in [0.2, 0.25) is 0 Å². The minimum absolute atomic E-state index is 0.0410. The quantitative estimate of drug-likeness (QED) is 0.332. The zero-order chi connectivity index (χ0) is 31.5. The van der Waals surface area contributed by atoms with Gasteiger partial charge in [-0.05, 0) is 71.9 Å². The molecule has 0 amide bonds. The molecule has 3 fully saturated rings. The first-order valence-electron chi connectivity index (χ1n) is 16.2. The molecule has 2 aromatic rings. The molecule has 8 heteroatoms. The topological polar surface area (TPSA) is 102 Å². The van der Waals surface area contributed by atoms with E-state index in [1.165, 1.54) is 0 Å². The lowest BCUT2D eigenvalue weighted by atomic mass is 9.84. The van der Waals surface area contributed by atoms with Crippen LogP contribution >= 0.6 is 0 Å². The maximum atomic E-state index is 11.3. The summed E-state index contributed by atoms with van der Waals surface area (Å²) in [5.74, 6) is 0.293. The van der Waals surface area contributed by atoms with Crippen LogP contribution in [-0.2, 0) is 29.8 Å². The summed E-state index contributed by atoms with van der Waals surface area (Å²) in [4.78, 5) is 10.0. The molecule has 5 rings (SSSR count). The Morgan fingerprint density at radius 3 is 1.30 bits per heavy atom. The molecule has 0 spiro atoms. The summed E-state index contributed by atoms with van der Waals surface area (Å²) >= 11 is 0. The van der Waals surface area contributed by atoms with Crippen LogP contribution in [0.25, 0.3) is 0 Å². The summed E-state index contributed by atoms with van der Waals surface area (Å²) in [6, 6.07) is 7.93. The molecule has 3 aliphatic rings. The Balaban J connectivity index is 1.43. The molecule has 0 radical (unpaired) electrons. The summed E-state index contributed by atoms with van der Waals surface area (Å²) in [7, 11) is 0. The van der Waals surface area contributed by atoms with Gasteiger partial charge in [-0.25, -0.2) is 0 Å². The second kappa shape index (κ2) is 13.7. The van der Waals surface area contributed by atoms with Gasteiger partial charge in [-0.2, -0.15) is 0 Å². The van der Waals surface area contributed by atoms with Gasteiger partial charge in [0.05, 0.1) is 49.6 Å². The smallest absolute Gasteiger partial charge is 0.187 e. The van der Waals surface area contributed by atoms with E-state index in [0.717, 1.165) is 49.7 Å². The van der Waals surface area contributed by atoms with Crippen molar-refractivity contribution in [1.82, 2.24) is 0 Å². The molecular formula is C36H50N2O6. The Morgan fingerprint density at radius 2 is 0.955 bits per heavy atom. The Kier molecular flexibility index (Phi) is 10.1. The van der Waals surface area contributed by atoms with E-state index in [9.17, 15) is 10.2 Å². The first-order valence-corrected chi connectivity index (χ1v) is 16.2. The molecule has 2 N–H and O–H groups in total. The molecule has 0 aromatic heterocycles. The lowest BCUT2D eigenvalue weighted by Gasteiger charge is -2.28. The van der Waals surface area contributed by atoms with Gasteiger partial charge in [0.15, 0.2) is 12.6 Å². The average Bonchev–Trinajstić information content (AvgIpc) is 3.00. The number of hydrogen-bond donors (Lipinski definition) is 2. The van der Waals surface area contributed by atoms with Crippen molar-refractivity contribution in [3.05, 3.63) is 57.6 Å². The number of ether oxygens (including phenoxy) is 4. The van der Waals surface area contributed by atoms with Gasteiger partial charge in [-0.15, -0.1) is 0 Å². The molecule has 1 aliphatic carbocycles. The van der Waals surface area contributed by atoms with E-state index in [0.29, 0.717) is 48.7 Å². The molecule has 2 heterocycles. The molecule has 2 aromatic carbocycles. The molecule has 2 unspecified atom stereocenters. The number of rotatable bonds is 6. The van der Waals surface area contributed by atoms with Crippen molar-refractivity contribution in [2.24, 2.45) is 9.98 Å². The Morgan fingerprint density at radius 1 is 0.591 bits per heavy atom. The Labute approximate surface area is 262 Å². The van der Waals surface area contributed by atoms with E-state index in [-0.39, 0.29) is 34.4 Å². The van der Waals surface area contributed by atoms with Gasteiger partial charge in [0.1, 0.15) is 11.5 Å². The van der Waals surface area contributed by atoms with Crippen LogP contribution in [0, 0.1) is 0 Å². The lowest BCUT2D eigenvalue weighted by molar-refractivity contribution is -0.183. The van der Waals surface area contributed by atoms with Crippen molar-refractivity contribution in [3.63, 3.8) is 0 Å². The molecule has 8 nitrogen and oxygen atoms in total. The standard InChI is InChI=1S/C36H50N2O6/c1-35(2,3)25-17-23(31(39)27(19-25)33-41-13-9-14-42-33)21-37-29-11-7-8-12-30(29)38-22-24-18-26(36(4,5)6)20-28(32(24)40)34-43-15-10-16-44-34/h17-22,29-30,33-34,39-40H,7-16H2,1-6H3/b37-21+,38-22+. The summed E-state index contributed by atoms with van der Waals surface area (Å²) in [6.07, 6.45) is 8.06. The summed E-state index contributed by atoms with van der Waals surface area (Å²) in [5, 5.41) is 22.6. The van der Waals surface area contributed by atoms with Crippen molar-refractivity contribution in [2.75, 3.05) is 26.4 Å². The van der Waals surface area contributed by atoms with Crippen molar-refractivity contribution in [1.29, 1.82) is 0 Å². The highest BCUT2D eigenvalue weighted by Gasteiger charge is 2.28. The minimum Gasteiger partial charge on any atom is -0.507 e. The normalized spacial score (nSPS) is 23.1. The van der Waals surface area contributed by atoms with Gasteiger partial charge in [0.25, 0.3) is 0 Å². The molecule has 2 aliphatic heterocycles. The van der Waals surface area contributed by atoms with Crippen LogP contribution in [0.4, 0.5) is 0 Å². The Hall–Kier alpha value is -2.78. The average molecular weight is 607 g/mol. The van der Waals surface area contributed by atoms with Gasteiger partial charge >= 0.3 is 0 Å². The predicted octanol–water partition coefficient (Wildman–Crippen LogP) is 7.41. The van der Waals surface area contributed by atoms with Crippen LogP contribution in [0.1, 0.15) is 126 Å². The number of phenols is 2. The van der Waals surface area contributed by atoms with Crippen LogP contribution in [0.5, 0.6) is 11.5 Å². The Bertz CT molecular complexity index is 1240. The monoisotopic (exact) mass is 606 g/mol. The maximum absolute atomic E-state index is 11.3. The molecule has 0 bridgehead atoms. The number of hydrogen-bond acceptors (Lipinski definition) is 8. The van der Waals surface area contributed by atoms with Gasteiger partial charge < -0.3 is 29.2 Å². The maximum Gasteiger partial charge on any atom is 0.187 e. The van der Waals surface area contributed by atoms with Crippen molar-refractivity contribution in [3.8, 4) is 11.5 Å². The molecular weight excluding hydrogens is 556 g/mol. The highest BCUT2D eigenvalue weighted by atomic mass is 16.7. The van der Waals surface area contributed by atoms with E-state index in [1.807, 2.05) is 24.3 Å². The van der Waals surface area contributed by atoms with Crippen LogP contribution in [-0.4, -0.2) is 61.2 Å². The number of nitrogens with zero attached hydrogens (tertiary/aromatic N) is 2. The molecule has 44 heavy (non-hydrogen) atoms. The van der Waals surface area contributed by atoms with Crippen LogP contribution in [0.15, 0.2) is 34.3 Å². The van der Waals surface area contributed by atoms with E-state index in [1.54, 1.807) is 12.4 Å². The van der Waals surface area contributed by atoms with E-state index >= 15 is 0 Å². The zero-order valence-corrected chi connectivity index (χ0v) is 27.3. The van der Waals surface area contributed by atoms with E-state index in [2.05, 4.69) is 41.5 Å². The fraction of sp³-hybridized carbons (Fsp3) is 0.611. The second-order valence-electron chi connectivity index (χ2n) is 14.3. The molecule has 2 saturated heterocycles. The lowest BCUT2D eigenvalue weighted by Crippen LogP contribution is -2.27. The third kappa shape index (κ3) is 7.71. The summed E-state index contributed by atoms with van der Waals surface area (Å²) < 4.78 is 23.4. The number of aromatic hydroxyl groups is 2. The van der Waals surface area contributed by atoms with Gasteiger partial charge in [-0.1, -0.05) is 54.4 Å². The summed E-state index contributed by atoms with van der Waals surface area (Å²) in [6.45, 7) is 15.3. The largest absolute Gasteiger partial charge is 0.507 e. The number of benzene rings is 2. The molecule has 1 saturated carbocycles. The van der Waals surface area contributed by atoms with Gasteiger partial charge in [-0.3, -0.25) is 9.98 Å². The first-order chi connectivity index (χ1) is 20.9. The fourth-order valence-electron chi connectivity index (χ4n) is 5.91. The van der Waals surface area contributed by atoms with Crippen molar-refractivity contribution >= 4 is 12.4 Å². The van der Waals surface area contributed by atoms with Crippen molar-refractivity contribution in [2.45, 2.75) is 116 Å². The first kappa shape index (κ1) is 32.6. The molecule has 2 atom stereocenters. The van der Waals surface area contributed by atoms with Crippen LogP contribution in [0.3, 0.4) is 0 Å².